The quantitative estimate of drug-likeness (QED) is 0.797. The van der Waals surface area contributed by atoms with Gasteiger partial charge in [-0.15, -0.1) is 0 Å². The van der Waals surface area contributed by atoms with Gasteiger partial charge in [0.05, 0.1) is 11.4 Å². The Hall–Kier alpha value is -1.75. The van der Waals surface area contributed by atoms with Crippen LogP contribution in [0, 0.1) is 0 Å². The van der Waals surface area contributed by atoms with E-state index in [1.807, 2.05) is 59.0 Å². The van der Waals surface area contributed by atoms with Gasteiger partial charge in [-0.1, -0.05) is 18.2 Å². The first kappa shape index (κ1) is 14.7. The zero-order chi connectivity index (χ0) is 14.2. The molecule has 1 N–H and O–H groups in total. The summed E-state index contributed by atoms with van der Waals surface area (Å²) in [5, 5.41) is 7.35. The summed E-state index contributed by atoms with van der Waals surface area (Å²) in [6.45, 7) is 2.30. The molecule has 0 spiro atoms. The maximum Gasteiger partial charge on any atom is 0.216 e. The minimum Gasteiger partial charge on any atom is -0.356 e. The number of hydrogen-bond acceptors (Lipinski definition) is 3. The lowest BCUT2D eigenvalue weighted by Gasteiger charge is -2.02. The minimum atomic E-state index is 0.0385. The normalized spacial score (nSPS) is 10.4. The van der Waals surface area contributed by atoms with Gasteiger partial charge in [-0.3, -0.25) is 4.79 Å². The number of carbonyl (C=O) groups excluding carboxylic acids is 1. The highest BCUT2D eigenvalue weighted by atomic mass is 32.2. The van der Waals surface area contributed by atoms with Gasteiger partial charge in [0.1, 0.15) is 0 Å². The van der Waals surface area contributed by atoms with E-state index in [4.69, 9.17) is 0 Å². The molecule has 0 bridgehead atoms. The van der Waals surface area contributed by atoms with Crippen molar-refractivity contribution >= 4 is 17.7 Å². The zero-order valence-corrected chi connectivity index (χ0v) is 12.4. The van der Waals surface area contributed by atoms with Crippen molar-refractivity contribution in [2.45, 2.75) is 19.1 Å². The van der Waals surface area contributed by atoms with Crippen molar-refractivity contribution in [1.82, 2.24) is 15.1 Å². The molecule has 1 heterocycles. The number of rotatable bonds is 7. The number of aromatic nitrogens is 2. The Morgan fingerprint density at radius 2 is 2.10 bits per heavy atom. The van der Waals surface area contributed by atoms with Crippen LogP contribution in [0.1, 0.15) is 19.0 Å². The van der Waals surface area contributed by atoms with E-state index < -0.39 is 0 Å². The standard InChI is InChI=1S/C15H19N3OS/c1-13(19)16-9-5-11-20-12-14-8-10-18(17-14)15-6-3-2-4-7-15/h2-4,6-8,10H,5,9,11-12H2,1H3,(H,16,19). The average molecular weight is 289 g/mol. The molecule has 1 aromatic heterocycles. The Morgan fingerprint density at radius 1 is 1.30 bits per heavy atom. The van der Waals surface area contributed by atoms with Crippen LogP contribution in [-0.2, 0) is 10.5 Å². The molecule has 0 aliphatic rings. The number of thioether (sulfide) groups is 1. The predicted molar refractivity (Wildman–Crippen MR) is 83.0 cm³/mol. The minimum absolute atomic E-state index is 0.0385. The Balaban J connectivity index is 1.72. The van der Waals surface area contributed by atoms with Crippen LogP contribution in [0.5, 0.6) is 0 Å². The smallest absolute Gasteiger partial charge is 0.216 e. The topological polar surface area (TPSA) is 46.9 Å². The first-order valence-electron chi connectivity index (χ1n) is 6.68. The van der Waals surface area contributed by atoms with E-state index >= 15 is 0 Å². The second kappa shape index (κ2) is 7.75. The van der Waals surface area contributed by atoms with Gasteiger partial charge >= 0.3 is 0 Å². The SMILES string of the molecule is CC(=O)NCCCSCc1ccn(-c2ccccc2)n1. The number of nitrogens with zero attached hydrogens (tertiary/aromatic N) is 2. The molecule has 0 radical (unpaired) electrons. The van der Waals surface area contributed by atoms with Crippen molar-refractivity contribution in [2.75, 3.05) is 12.3 Å². The number of benzene rings is 1. The predicted octanol–water partition coefficient (Wildman–Crippen LogP) is 2.63. The molecule has 1 aromatic carbocycles. The van der Waals surface area contributed by atoms with Gasteiger partial charge in [-0.2, -0.15) is 16.9 Å². The summed E-state index contributed by atoms with van der Waals surface area (Å²) in [6, 6.07) is 12.1. The lowest BCUT2D eigenvalue weighted by molar-refractivity contribution is -0.118. The number of amides is 1. The van der Waals surface area contributed by atoms with Crippen molar-refractivity contribution in [2.24, 2.45) is 0 Å². The van der Waals surface area contributed by atoms with Crippen LogP contribution in [0.4, 0.5) is 0 Å². The molecule has 0 aliphatic heterocycles. The van der Waals surface area contributed by atoms with Crippen molar-refractivity contribution in [3.63, 3.8) is 0 Å². The van der Waals surface area contributed by atoms with Crippen molar-refractivity contribution < 1.29 is 4.79 Å². The fourth-order valence-electron chi connectivity index (χ4n) is 1.78. The van der Waals surface area contributed by atoms with Crippen LogP contribution >= 0.6 is 11.8 Å². The number of nitrogens with one attached hydrogen (secondary N) is 1. The molecule has 20 heavy (non-hydrogen) atoms. The average Bonchev–Trinajstić information content (AvgIpc) is 2.92. The van der Waals surface area contributed by atoms with E-state index in [1.54, 1.807) is 6.92 Å². The van der Waals surface area contributed by atoms with Gasteiger partial charge in [-0.25, -0.2) is 4.68 Å². The Labute approximate surface area is 123 Å². The van der Waals surface area contributed by atoms with Crippen LogP contribution in [0.3, 0.4) is 0 Å². The molecule has 1 amide bonds. The highest BCUT2D eigenvalue weighted by Gasteiger charge is 2.01. The van der Waals surface area contributed by atoms with Crippen molar-refractivity contribution in [3.8, 4) is 5.69 Å². The third-order valence-electron chi connectivity index (χ3n) is 2.75. The van der Waals surface area contributed by atoms with Gasteiger partial charge in [0.2, 0.25) is 5.91 Å². The third-order valence-corrected chi connectivity index (χ3v) is 3.83. The molecule has 2 aromatic rings. The van der Waals surface area contributed by atoms with E-state index in [2.05, 4.69) is 10.4 Å². The van der Waals surface area contributed by atoms with Crippen LogP contribution in [0.25, 0.3) is 5.69 Å². The van der Waals surface area contributed by atoms with Crippen LogP contribution in [0.2, 0.25) is 0 Å². The molecule has 106 valence electrons. The summed E-state index contributed by atoms with van der Waals surface area (Å²) in [4.78, 5) is 10.7. The van der Waals surface area contributed by atoms with Crippen LogP contribution < -0.4 is 5.32 Å². The van der Waals surface area contributed by atoms with Crippen LogP contribution in [-0.4, -0.2) is 28.0 Å². The van der Waals surface area contributed by atoms with Gasteiger partial charge in [-0.05, 0) is 30.4 Å². The Morgan fingerprint density at radius 3 is 2.85 bits per heavy atom. The molecule has 2 rings (SSSR count). The van der Waals surface area contributed by atoms with E-state index in [0.29, 0.717) is 0 Å². The maximum atomic E-state index is 10.7. The summed E-state index contributed by atoms with van der Waals surface area (Å²) >= 11 is 1.84. The Kier molecular flexibility index (Phi) is 5.68. The lowest BCUT2D eigenvalue weighted by Crippen LogP contribution is -2.21. The highest BCUT2D eigenvalue weighted by molar-refractivity contribution is 7.98. The molecule has 5 heteroatoms. The third kappa shape index (κ3) is 4.74. The van der Waals surface area contributed by atoms with Gasteiger partial charge < -0.3 is 5.32 Å². The molecule has 0 aliphatic carbocycles. The fourth-order valence-corrected chi connectivity index (χ4v) is 2.63. The first-order chi connectivity index (χ1) is 9.75. The maximum absolute atomic E-state index is 10.7. The number of hydrogen-bond donors (Lipinski definition) is 1. The van der Waals surface area contributed by atoms with Crippen LogP contribution in [0.15, 0.2) is 42.6 Å². The first-order valence-corrected chi connectivity index (χ1v) is 7.83. The molecule has 0 unspecified atom stereocenters. The van der Waals surface area contributed by atoms with E-state index in [9.17, 15) is 4.79 Å². The summed E-state index contributed by atoms with van der Waals surface area (Å²) < 4.78 is 1.90. The second-order valence-electron chi connectivity index (χ2n) is 4.48. The zero-order valence-electron chi connectivity index (χ0n) is 11.6. The van der Waals surface area contributed by atoms with Crippen molar-refractivity contribution in [1.29, 1.82) is 0 Å². The largest absolute Gasteiger partial charge is 0.356 e. The molecular weight excluding hydrogens is 270 g/mol. The van der Waals surface area contributed by atoms with E-state index in [-0.39, 0.29) is 5.91 Å². The lowest BCUT2D eigenvalue weighted by atomic mass is 10.3. The van der Waals surface area contributed by atoms with E-state index in [0.717, 1.165) is 35.9 Å². The summed E-state index contributed by atoms with van der Waals surface area (Å²) in [6.07, 6.45) is 2.98. The molecule has 0 saturated carbocycles. The monoisotopic (exact) mass is 289 g/mol. The molecule has 0 fully saturated rings. The van der Waals surface area contributed by atoms with E-state index in [1.165, 1.54) is 0 Å². The number of carbonyl (C=O) groups is 1. The Bertz CT molecular complexity index is 539. The van der Waals surface area contributed by atoms with Gasteiger partial charge in [0.15, 0.2) is 0 Å². The summed E-state index contributed by atoms with van der Waals surface area (Å²) in [5.41, 5.74) is 2.16. The summed E-state index contributed by atoms with van der Waals surface area (Å²) in [7, 11) is 0. The second-order valence-corrected chi connectivity index (χ2v) is 5.58. The molecule has 0 saturated heterocycles. The van der Waals surface area contributed by atoms with Gasteiger partial charge in [0.25, 0.3) is 0 Å². The van der Waals surface area contributed by atoms with Gasteiger partial charge in [0, 0.05) is 25.4 Å². The highest BCUT2D eigenvalue weighted by Crippen LogP contribution is 2.13. The number of para-hydroxylation sites is 1. The fraction of sp³-hybridized carbons (Fsp3) is 0.333. The van der Waals surface area contributed by atoms with Crippen molar-refractivity contribution in [3.05, 3.63) is 48.3 Å². The molecule has 4 nitrogen and oxygen atoms in total. The molecule has 0 atom stereocenters. The summed E-state index contributed by atoms with van der Waals surface area (Å²) in [5.74, 6) is 1.97. The molecular formula is C15H19N3OS.